The molecule has 6 heteroatoms. The summed E-state index contributed by atoms with van der Waals surface area (Å²) in [5, 5.41) is 0. The van der Waals surface area contributed by atoms with E-state index in [0.717, 1.165) is 29.7 Å². The van der Waals surface area contributed by atoms with Gasteiger partial charge in [0.2, 0.25) is 0 Å². The molecule has 0 aromatic heterocycles. The fraction of sp³-hybridized carbons (Fsp3) is 0.500. The minimum absolute atomic E-state index is 0.0384. The van der Waals surface area contributed by atoms with Gasteiger partial charge in [-0.05, 0) is 18.4 Å². The summed E-state index contributed by atoms with van der Waals surface area (Å²) in [4.78, 5) is 0. The Morgan fingerprint density at radius 3 is 2.94 bits per heavy atom. The lowest BCUT2D eigenvalue weighted by atomic mass is 9.99. The van der Waals surface area contributed by atoms with Crippen molar-refractivity contribution in [1.29, 1.82) is 0 Å². The van der Waals surface area contributed by atoms with Gasteiger partial charge in [0.05, 0.1) is 18.4 Å². The minimum atomic E-state index is -3.11. The van der Waals surface area contributed by atoms with E-state index in [1.54, 1.807) is 0 Å². The molecule has 1 atom stereocenters. The van der Waals surface area contributed by atoms with Crippen molar-refractivity contribution >= 4 is 9.84 Å². The molecule has 3 N–H and O–H groups in total. The first-order valence-corrected chi connectivity index (χ1v) is 7.96. The topological polar surface area (TPSA) is 81.4 Å². The van der Waals surface area contributed by atoms with Gasteiger partial charge in [-0.3, -0.25) is 11.3 Å². The number of hydrogen-bond donors (Lipinski definition) is 2. The third-order valence-electron chi connectivity index (χ3n) is 3.01. The summed E-state index contributed by atoms with van der Waals surface area (Å²) in [6.07, 6.45) is 3.15. The van der Waals surface area contributed by atoms with Crippen molar-refractivity contribution in [1.82, 2.24) is 5.43 Å². The lowest BCUT2D eigenvalue weighted by Gasteiger charge is -2.24. The highest BCUT2D eigenvalue weighted by molar-refractivity contribution is 7.90. The Balaban J connectivity index is 2.36. The number of ether oxygens (including phenoxy) is 1. The van der Waals surface area contributed by atoms with Gasteiger partial charge in [-0.1, -0.05) is 18.2 Å². The number of para-hydroxylation sites is 1. The van der Waals surface area contributed by atoms with Crippen LogP contribution in [0.4, 0.5) is 0 Å². The van der Waals surface area contributed by atoms with Crippen LogP contribution < -0.4 is 16.0 Å². The fourth-order valence-electron chi connectivity index (χ4n) is 2.22. The molecule has 2 rings (SSSR count). The summed E-state index contributed by atoms with van der Waals surface area (Å²) >= 11 is 0. The SMILES string of the molecule is CS(=O)(=O)CC(NN)c1cccc2c1OCCC2. The Hall–Kier alpha value is -1.11. The zero-order chi connectivity index (χ0) is 13.2. The second-order valence-electron chi connectivity index (χ2n) is 4.60. The third-order valence-corrected chi connectivity index (χ3v) is 3.95. The first-order chi connectivity index (χ1) is 8.51. The summed E-state index contributed by atoms with van der Waals surface area (Å²) in [5.74, 6) is 6.22. The second kappa shape index (κ2) is 5.26. The van der Waals surface area contributed by atoms with Gasteiger partial charge in [0.1, 0.15) is 15.6 Å². The number of rotatable bonds is 4. The van der Waals surface area contributed by atoms with E-state index in [2.05, 4.69) is 5.43 Å². The molecule has 0 amide bonds. The average molecular weight is 270 g/mol. The van der Waals surface area contributed by atoms with Crippen molar-refractivity contribution < 1.29 is 13.2 Å². The van der Waals surface area contributed by atoms with Crippen LogP contribution in [0.1, 0.15) is 23.6 Å². The number of hydrogen-bond acceptors (Lipinski definition) is 5. The van der Waals surface area contributed by atoms with Gasteiger partial charge in [-0.15, -0.1) is 0 Å². The van der Waals surface area contributed by atoms with Crippen LogP contribution in [0.5, 0.6) is 5.75 Å². The van der Waals surface area contributed by atoms with Crippen molar-refractivity contribution in [3.8, 4) is 5.75 Å². The maximum atomic E-state index is 11.4. The summed E-state index contributed by atoms with van der Waals surface area (Å²) in [6, 6.07) is 5.34. The largest absolute Gasteiger partial charge is 0.493 e. The number of nitrogens with two attached hydrogens (primary N) is 1. The lowest BCUT2D eigenvalue weighted by Crippen LogP contribution is -2.33. The van der Waals surface area contributed by atoms with E-state index in [4.69, 9.17) is 10.6 Å². The highest BCUT2D eigenvalue weighted by Crippen LogP contribution is 2.33. The molecule has 0 bridgehead atoms. The Morgan fingerprint density at radius 1 is 1.50 bits per heavy atom. The number of fused-ring (bicyclic) bond motifs is 1. The van der Waals surface area contributed by atoms with E-state index in [1.807, 2.05) is 18.2 Å². The Bertz CT molecular complexity index is 528. The number of hydrazine groups is 1. The van der Waals surface area contributed by atoms with Gasteiger partial charge < -0.3 is 4.74 Å². The fourth-order valence-corrected chi connectivity index (χ4v) is 3.10. The van der Waals surface area contributed by atoms with Crippen LogP contribution in [0, 0.1) is 0 Å². The third kappa shape index (κ3) is 3.01. The number of aryl methyl sites for hydroxylation is 1. The normalized spacial score (nSPS) is 16.8. The highest BCUT2D eigenvalue weighted by Gasteiger charge is 2.23. The molecule has 0 fully saturated rings. The predicted molar refractivity (Wildman–Crippen MR) is 70.0 cm³/mol. The molecule has 0 spiro atoms. The van der Waals surface area contributed by atoms with E-state index >= 15 is 0 Å². The zero-order valence-corrected chi connectivity index (χ0v) is 11.2. The van der Waals surface area contributed by atoms with Crippen molar-refractivity contribution in [2.75, 3.05) is 18.6 Å². The first-order valence-electron chi connectivity index (χ1n) is 5.89. The van der Waals surface area contributed by atoms with Crippen molar-refractivity contribution in [2.24, 2.45) is 5.84 Å². The van der Waals surface area contributed by atoms with E-state index < -0.39 is 15.9 Å². The standard InChI is InChI=1S/C12H18N2O3S/c1-18(15,16)8-11(14-13)10-6-2-4-9-5-3-7-17-12(9)10/h2,4,6,11,14H,3,5,7-8,13H2,1H3. The highest BCUT2D eigenvalue weighted by atomic mass is 32.2. The van der Waals surface area contributed by atoms with Crippen LogP contribution in [0.25, 0.3) is 0 Å². The van der Waals surface area contributed by atoms with Gasteiger partial charge in [-0.25, -0.2) is 8.42 Å². The molecule has 0 saturated heterocycles. The van der Waals surface area contributed by atoms with Crippen LogP contribution in [0.3, 0.4) is 0 Å². The van der Waals surface area contributed by atoms with Crippen LogP contribution in [0.15, 0.2) is 18.2 Å². The summed E-state index contributed by atoms with van der Waals surface area (Å²) < 4.78 is 28.5. The maximum absolute atomic E-state index is 11.4. The van der Waals surface area contributed by atoms with Crippen LogP contribution in [-0.4, -0.2) is 27.0 Å². The molecule has 0 aliphatic carbocycles. The number of benzene rings is 1. The molecular weight excluding hydrogens is 252 g/mol. The quantitative estimate of drug-likeness (QED) is 0.617. The summed E-state index contributed by atoms with van der Waals surface area (Å²) in [5.41, 5.74) is 4.50. The van der Waals surface area contributed by atoms with E-state index in [1.165, 1.54) is 6.26 Å². The van der Waals surface area contributed by atoms with Crippen LogP contribution in [-0.2, 0) is 16.3 Å². The first kappa shape index (κ1) is 13.3. The molecule has 1 aromatic carbocycles. The number of nitrogens with one attached hydrogen (secondary N) is 1. The molecular formula is C12H18N2O3S. The monoisotopic (exact) mass is 270 g/mol. The maximum Gasteiger partial charge on any atom is 0.149 e. The van der Waals surface area contributed by atoms with Crippen molar-refractivity contribution in [3.63, 3.8) is 0 Å². The Morgan fingerprint density at radius 2 is 2.28 bits per heavy atom. The van der Waals surface area contributed by atoms with E-state index in [9.17, 15) is 8.42 Å². The molecule has 1 unspecified atom stereocenters. The van der Waals surface area contributed by atoms with Crippen LogP contribution in [0.2, 0.25) is 0 Å². The summed E-state index contributed by atoms with van der Waals surface area (Å²) in [7, 11) is -3.11. The van der Waals surface area contributed by atoms with Crippen molar-refractivity contribution in [3.05, 3.63) is 29.3 Å². The Kier molecular flexibility index (Phi) is 3.89. The molecule has 1 aliphatic rings. The molecule has 18 heavy (non-hydrogen) atoms. The minimum Gasteiger partial charge on any atom is -0.493 e. The molecule has 0 radical (unpaired) electrons. The van der Waals surface area contributed by atoms with Gasteiger partial charge in [0.15, 0.2) is 0 Å². The van der Waals surface area contributed by atoms with E-state index in [0.29, 0.717) is 6.61 Å². The average Bonchev–Trinajstić information content (AvgIpc) is 2.34. The number of sulfone groups is 1. The molecule has 0 saturated carbocycles. The molecule has 100 valence electrons. The van der Waals surface area contributed by atoms with Gasteiger partial charge in [-0.2, -0.15) is 0 Å². The second-order valence-corrected chi connectivity index (χ2v) is 6.78. The smallest absolute Gasteiger partial charge is 0.149 e. The lowest BCUT2D eigenvalue weighted by molar-refractivity contribution is 0.282. The summed E-state index contributed by atoms with van der Waals surface area (Å²) in [6.45, 7) is 0.667. The van der Waals surface area contributed by atoms with Gasteiger partial charge in [0, 0.05) is 11.8 Å². The van der Waals surface area contributed by atoms with Gasteiger partial charge in [0.25, 0.3) is 0 Å². The molecule has 5 nitrogen and oxygen atoms in total. The van der Waals surface area contributed by atoms with Crippen molar-refractivity contribution in [2.45, 2.75) is 18.9 Å². The predicted octanol–water partition coefficient (Wildman–Crippen LogP) is 0.561. The Labute approximate surface area is 107 Å². The van der Waals surface area contributed by atoms with Crippen LogP contribution >= 0.6 is 0 Å². The van der Waals surface area contributed by atoms with E-state index in [-0.39, 0.29) is 5.75 Å². The van der Waals surface area contributed by atoms with Gasteiger partial charge >= 0.3 is 0 Å². The molecule has 1 aromatic rings. The molecule has 1 aliphatic heterocycles. The zero-order valence-electron chi connectivity index (χ0n) is 10.3. The molecule has 1 heterocycles.